The Labute approximate surface area is 119 Å². The molecule has 3 fully saturated rings. The van der Waals surface area contributed by atoms with Gasteiger partial charge in [0, 0.05) is 23.3 Å². The fraction of sp³-hybridized carbons (Fsp3) is 0.588. The number of hydrogen-bond donors (Lipinski definition) is 0. The predicted molar refractivity (Wildman–Crippen MR) is 74.3 cm³/mol. The van der Waals surface area contributed by atoms with Gasteiger partial charge in [0.15, 0.2) is 11.6 Å². The molecule has 2 saturated carbocycles. The zero-order valence-electron chi connectivity index (χ0n) is 11.6. The minimum Gasteiger partial charge on any atom is -0.347 e. The van der Waals surface area contributed by atoms with Gasteiger partial charge >= 0.3 is 0 Å². The van der Waals surface area contributed by atoms with Crippen LogP contribution in [0.25, 0.3) is 0 Å². The van der Waals surface area contributed by atoms with Gasteiger partial charge in [0.25, 0.3) is 0 Å². The topological polar surface area (TPSA) is 35.5 Å². The number of rotatable bonds is 2. The van der Waals surface area contributed by atoms with Crippen LogP contribution in [0.2, 0.25) is 0 Å². The van der Waals surface area contributed by atoms with Gasteiger partial charge in [-0.1, -0.05) is 30.3 Å². The van der Waals surface area contributed by atoms with Crippen LogP contribution in [0.3, 0.4) is 0 Å². The fourth-order valence-corrected chi connectivity index (χ4v) is 4.45. The van der Waals surface area contributed by atoms with Crippen molar-refractivity contribution in [2.24, 2.45) is 17.8 Å². The molecule has 2 atom stereocenters. The molecule has 2 bridgehead atoms. The van der Waals surface area contributed by atoms with E-state index in [1.54, 1.807) is 0 Å². The van der Waals surface area contributed by atoms with Crippen LogP contribution in [0.5, 0.6) is 0 Å². The molecule has 1 saturated heterocycles. The Kier molecular flexibility index (Phi) is 2.93. The largest absolute Gasteiger partial charge is 0.347 e. The summed E-state index contributed by atoms with van der Waals surface area (Å²) in [4.78, 5) is 12.6. The van der Waals surface area contributed by atoms with E-state index >= 15 is 0 Å². The van der Waals surface area contributed by atoms with E-state index in [9.17, 15) is 4.79 Å². The number of carbonyl (C=O) groups is 1. The van der Waals surface area contributed by atoms with Crippen molar-refractivity contribution in [3.63, 3.8) is 0 Å². The minimum atomic E-state index is -0.340. The maximum atomic E-state index is 12.6. The molecule has 106 valence electrons. The van der Waals surface area contributed by atoms with Gasteiger partial charge in [-0.2, -0.15) is 0 Å². The quantitative estimate of drug-likeness (QED) is 0.776. The Balaban J connectivity index is 1.55. The van der Waals surface area contributed by atoms with Crippen LogP contribution in [0, 0.1) is 17.8 Å². The summed E-state index contributed by atoms with van der Waals surface area (Å²) in [5.41, 5.74) is 0.848. The molecule has 1 aliphatic heterocycles. The summed E-state index contributed by atoms with van der Waals surface area (Å²) >= 11 is 0. The van der Waals surface area contributed by atoms with E-state index < -0.39 is 0 Å². The van der Waals surface area contributed by atoms with Crippen molar-refractivity contribution < 1.29 is 14.3 Å². The summed E-state index contributed by atoms with van der Waals surface area (Å²) in [6.07, 6.45) is 4.13. The van der Waals surface area contributed by atoms with Gasteiger partial charge < -0.3 is 9.47 Å². The molecule has 3 heteroatoms. The van der Waals surface area contributed by atoms with Gasteiger partial charge in [-0.25, -0.2) is 0 Å². The first-order valence-corrected chi connectivity index (χ1v) is 7.67. The molecular weight excluding hydrogens is 252 g/mol. The highest BCUT2D eigenvalue weighted by Crippen LogP contribution is 2.55. The van der Waals surface area contributed by atoms with Crippen LogP contribution < -0.4 is 0 Å². The molecule has 2 aliphatic carbocycles. The molecule has 0 N–H and O–H groups in total. The number of benzene rings is 1. The second-order valence-corrected chi connectivity index (χ2v) is 6.29. The summed E-state index contributed by atoms with van der Waals surface area (Å²) in [6, 6.07) is 9.69. The van der Waals surface area contributed by atoms with Crippen LogP contribution in [-0.2, 0) is 9.47 Å². The van der Waals surface area contributed by atoms with Crippen LogP contribution in [0.15, 0.2) is 30.3 Å². The third kappa shape index (κ3) is 1.76. The SMILES string of the molecule is O=C(c1ccccc1)C1CC2CCC(C1)C21OCCO1. The molecule has 3 aliphatic rings. The van der Waals surface area contributed by atoms with Gasteiger partial charge in [0.1, 0.15) is 0 Å². The summed E-state index contributed by atoms with van der Waals surface area (Å²) in [7, 11) is 0. The maximum absolute atomic E-state index is 12.6. The lowest BCUT2D eigenvalue weighted by molar-refractivity contribution is -0.226. The number of carbonyl (C=O) groups excluding carboxylic acids is 1. The molecule has 20 heavy (non-hydrogen) atoms. The fourth-order valence-electron chi connectivity index (χ4n) is 4.45. The first-order valence-electron chi connectivity index (χ1n) is 7.67. The standard InChI is InChI=1S/C17H20O3/c18-16(12-4-2-1-3-5-12)13-10-14-6-7-15(11-13)17(14)19-8-9-20-17/h1-5,13-15H,6-11H2. The Morgan fingerprint density at radius 1 is 1.00 bits per heavy atom. The lowest BCUT2D eigenvalue weighted by Gasteiger charge is -2.41. The average molecular weight is 272 g/mol. The number of ether oxygens (including phenoxy) is 2. The van der Waals surface area contributed by atoms with Crippen LogP contribution in [0.1, 0.15) is 36.0 Å². The van der Waals surface area contributed by atoms with Gasteiger partial charge in [-0.05, 0) is 25.7 Å². The first-order chi connectivity index (χ1) is 9.79. The molecular formula is C17H20O3. The van der Waals surface area contributed by atoms with Gasteiger partial charge in [-0.15, -0.1) is 0 Å². The highest BCUT2D eigenvalue weighted by atomic mass is 16.7. The smallest absolute Gasteiger partial charge is 0.174 e. The average Bonchev–Trinajstić information content (AvgIpc) is 3.03. The van der Waals surface area contributed by atoms with E-state index in [0.717, 1.165) is 31.2 Å². The number of hydrogen-bond acceptors (Lipinski definition) is 3. The molecule has 0 amide bonds. The summed E-state index contributed by atoms with van der Waals surface area (Å²) < 4.78 is 11.9. The van der Waals surface area contributed by atoms with Crippen molar-refractivity contribution >= 4 is 5.78 Å². The van der Waals surface area contributed by atoms with Crippen molar-refractivity contribution in [2.75, 3.05) is 13.2 Å². The van der Waals surface area contributed by atoms with E-state index in [1.807, 2.05) is 30.3 Å². The predicted octanol–water partition coefficient (Wildman–Crippen LogP) is 3.05. The van der Waals surface area contributed by atoms with E-state index in [0.29, 0.717) is 30.8 Å². The second-order valence-electron chi connectivity index (χ2n) is 6.29. The lowest BCUT2D eigenvalue weighted by atomic mass is 9.73. The van der Waals surface area contributed by atoms with Crippen LogP contribution >= 0.6 is 0 Å². The highest BCUT2D eigenvalue weighted by Gasteiger charge is 2.58. The Bertz CT molecular complexity index is 488. The zero-order chi connectivity index (χ0) is 13.6. The minimum absolute atomic E-state index is 0.147. The third-order valence-corrected chi connectivity index (χ3v) is 5.31. The molecule has 0 radical (unpaired) electrons. The maximum Gasteiger partial charge on any atom is 0.174 e. The van der Waals surface area contributed by atoms with E-state index in [2.05, 4.69) is 0 Å². The van der Waals surface area contributed by atoms with E-state index in [4.69, 9.17) is 9.47 Å². The molecule has 1 heterocycles. The van der Waals surface area contributed by atoms with Gasteiger partial charge in [-0.3, -0.25) is 4.79 Å². The summed E-state index contributed by atoms with van der Waals surface area (Å²) in [5, 5.41) is 0. The van der Waals surface area contributed by atoms with Crippen LogP contribution in [0.4, 0.5) is 0 Å². The number of Topliss-reactive ketones (excluding diaryl/α,β-unsaturated/α-hetero) is 1. The monoisotopic (exact) mass is 272 g/mol. The van der Waals surface area contributed by atoms with Crippen molar-refractivity contribution in [3.05, 3.63) is 35.9 Å². The van der Waals surface area contributed by atoms with E-state index in [-0.39, 0.29) is 11.7 Å². The first kappa shape index (κ1) is 12.5. The van der Waals surface area contributed by atoms with Crippen molar-refractivity contribution in [1.82, 2.24) is 0 Å². The Hall–Kier alpha value is -1.19. The normalized spacial score (nSPS) is 34.5. The van der Waals surface area contributed by atoms with Gasteiger partial charge in [0.2, 0.25) is 0 Å². The molecule has 0 aromatic heterocycles. The summed E-state index contributed by atoms with van der Waals surface area (Å²) in [5.74, 6) is 0.916. The number of ketones is 1. The molecule has 3 nitrogen and oxygen atoms in total. The van der Waals surface area contributed by atoms with Crippen molar-refractivity contribution in [1.29, 1.82) is 0 Å². The zero-order valence-corrected chi connectivity index (χ0v) is 11.6. The molecule has 4 rings (SSSR count). The van der Waals surface area contributed by atoms with Crippen molar-refractivity contribution in [3.8, 4) is 0 Å². The Morgan fingerprint density at radius 3 is 2.20 bits per heavy atom. The van der Waals surface area contributed by atoms with Crippen molar-refractivity contribution in [2.45, 2.75) is 31.5 Å². The summed E-state index contributed by atoms with van der Waals surface area (Å²) in [6.45, 7) is 1.43. The molecule has 1 spiro atoms. The lowest BCUT2D eigenvalue weighted by Crippen LogP contribution is -2.47. The molecule has 1 aromatic rings. The molecule has 1 aromatic carbocycles. The second kappa shape index (κ2) is 4.68. The van der Waals surface area contributed by atoms with E-state index in [1.165, 1.54) is 0 Å². The van der Waals surface area contributed by atoms with Crippen LogP contribution in [-0.4, -0.2) is 24.8 Å². The highest BCUT2D eigenvalue weighted by molar-refractivity contribution is 5.97. The Morgan fingerprint density at radius 2 is 1.60 bits per heavy atom. The van der Waals surface area contributed by atoms with Gasteiger partial charge in [0.05, 0.1) is 13.2 Å². The third-order valence-electron chi connectivity index (χ3n) is 5.31. The molecule has 2 unspecified atom stereocenters.